The summed E-state index contributed by atoms with van der Waals surface area (Å²) in [6.07, 6.45) is 3.59. The molecule has 7 aromatic carbocycles. The molecule has 5 heteroatoms. The van der Waals surface area contributed by atoms with Crippen molar-refractivity contribution in [1.29, 1.82) is 0 Å². The molecule has 0 amide bonds. The molecule has 0 aliphatic heterocycles. The molecule has 0 saturated carbocycles. The zero-order valence-corrected chi connectivity index (χ0v) is 25.1. The molecule has 0 atom stereocenters. The van der Waals surface area contributed by atoms with Gasteiger partial charge >= 0.3 is 0 Å². The molecule has 3 heterocycles. The molecule has 0 saturated heterocycles. The molecule has 3 aromatic heterocycles. The highest BCUT2D eigenvalue weighted by molar-refractivity contribution is 6.22. The molecule has 5 nitrogen and oxygen atoms in total. The Morgan fingerprint density at radius 2 is 1.04 bits per heavy atom. The van der Waals surface area contributed by atoms with Crippen molar-refractivity contribution in [2.75, 3.05) is 0 Å². The Hall–Kier alpha value is -6.46. The number of para-hydroxylation sites is 1. The number of furan rings is 1. The highest BCUT2D eigenvalue weighted by atomic mass is 16.3. The van der Waals surface area contributed by atoms with Gasteiger partial charge in [-0.1, -0.05) is 115 Å². The number of pyridine rings is 1. The van der Waals surface area contributed by atoms with Crippen molar-refractivity contribution in [3.8, 4) is 34.2 Å². The molecule has 0 fully saturated rings. The van der Waals surface area contributed by atoms with Crippen LogP contribution in [-0.2, 0) is 0 Å². The highest BCUT2D eigenvalue weighted by Gasteiger charge is 2.20. The minimum absolute atomic E-state index is 0.546. The van der Waals surface area contributed by atoms with E-state index in [1.165, 1.54) is 10.8 Å². The van der Waals surface area contributed by atoms with Crippen LogP contribution in [0.2, 0.25) is 0 Å². The monoisotopic (exact) mass is 600 g/mol. The summed E-state index contributed by atoms with van der Waals surface area (Å²) in [7, 11) is 0. The van der Waals surface area contributed by atoms with Gasteiger partial charge in [0.15, 0.2) is 23.1 Å². The predicted octanol–water partition coefficient (Wildman–Crippen LogP) is 10.8. The van der Waals surface area contributed by atoms with E-state index in [1.54, 1.807) is 6.20 Å². The molecular weight excluding hydrogens is 576 g/mol. The fraction of sp³-hybridized carbons (Fsp3) is 0. The quantitative estimate of drug-likeness (QED) is 0.189. The number of fused-ring (bicyclic) bond motifs is 9. The lowest BCUT2D eigenvalue weighted by molar-refractivity contribution is 0.667. The van der Waals surface area contributed by atoms with Crippen LogP contribution < -0.4 is 0 Å². The van der Waals surface area contributed by atoms with Gasteiger partial charge in [0.1, 0.15) is 5.58 Å². The van der Waals surface area contributed by atoms with Gasteiger partial charge in [-0.2, -0.15) is 0 Å². The van der Waals surface area contributed by atoms with Gasteiger partial charge in [-0.15, -0.1) is 0 Å². The Labute approximate surface area is 268 Å². The summed E-state index contributed by atoms with van der Waals surface area (Å²) in [6.45, 7) is 0. The Morgan fingerprint density at radius 1 is 0.383 bits per heavy atom. The summed E-state index contributed by atoms with van der Waals surface area (Å²) in [6, 6.07) is 46.4. The Bertz CT molecular complexity index is 2870. The SMILES string of the molecule is c1ccc2cc(-c3nc(-c4cncc5oc6ccccc6c45)nc(-c4cc5ccccc5c5ccc6ccccc6c45)n3)ccc2c1. The van der Waals surface area contributed by atoms with Crippen molar-refractivity contribution in [2.24, 2.45) is 0 Å². The first-order chi connectivity index (χ1) is 23.3. The highest BCUT2D eigenvalue weighted by Crippen LogP contribution is 2.40. The van der Waals surface area contributed by atoms with Gasteiger partial charge in [-0.25, -0.2) is 15.0 Å². The number of aromatic nitrogens is 4. The summed E-state index contributed by atoms with van der Waals surface area (Å²) in [5.41, 5.74) is 4.17. The average Bonchev–Trinajstić information content (AvgIpc) is 3.53. The van der Waals surface area contributed by atoms with Gasteiger partial charge in [0.25, 0.3) is 0 Å². The molecule has 10 aromatic rings. The molecule has 47 heavy (non-hydrogen) atoms. The van der Waals surface area contributed by atoms with E-state index in [2.05, 4.69) is 120 Å². The number of hydrogen-bond acceptors (Lipinski definition) is 5. The molecule has 0 aliphatic rings. The second kappa shape index (κ2) is 10.0. The standard InChI is InChI=1S/C42H24N4O/c1-2-11-27-21-29(18-17-25(27)9-1)40-44-41(46-42(45-40)35-23-43-24-37-39(35)33-15-7-8-16-36(33)47-37)34-22-28-12-4-5-13-30(28)32-20-19-26-10-3-6-14-31(26)38(32)34/h1-24H. The zero-order chi connectivity index (χ0) is 30.9. The fourth-order valence-corrected chi connectivity index (χ4v) is 6.98. The van der Waals surface area contributed by atoms with Crippen molar-refractivity contribution in [1.82, 2.24) is 19.9 Å². The summed E-state index contributed by atoms with van der Waals surface area (Å²) in [5, 5.41) is 11.1. The predicted molar refractivity (Wildman–Crippen MR) is 191 cm³/mol. The van der Waals surface area contributed by atoms with Crippen LogP contribution in [0.1, 0.15) is 0 Å². The van der Waals surface area contributed by atoms with E-state index in [0.29, 0.717) is 23.1 Å². The largest absolute Gasteiger partial charge is 0.454 e. The number of benzene rings is 7. The van der Waals surface area contributed by atoms with E-state index >= 15 is 0 Å². The minimum Gasteiger partial charge on any atom is -0.454 e. The molecule has 0 radical (unpaired) electrons. The van der Waals surface area contributed by atoms with Crippen molar-refractivity contribution in [2.45, 2.75) is 0 Å². The second-order valence-corrected chi connectivity index (χ2v) is 11.9. The normalized spacial score (nSPS) is 11.8. The third-order valence-corrected chi connectivity index (χ3v) is 9.16. The summed E-state index contributed by atoms with van der Waals surface area (Å²) in [4.78, 5) is 20.2. The lowest BCUT2D eigenvalue weighted by Gasteiger charge is -2.14. The molecule has 0 spiro atoms. The lowest BCUT2D eigenvalue weighted by atomic mass is 9.92. The zero-order valence-electron chi connectivity index (χ0n) is 25.1. The lowest BCUT2D eigenvalue weighted by Crippen LogP contribution is -2.01. The summed E-state index contributed by atoms with van der Waals surface area (Å²) >= 11 is 0. The molecular formula is C42H24N4O. The molecule has 0 N–H and O–H groups in total. The summed E-state index contributed by atoms with van der Waals surface area (Å²) in [5.74, 6) is 1.75. The number of nitrogens with zero attached hydrogens (tertiary/aromatic N) is 4. The van der Waals surface area contributed by atoms with Crippen LogP contribution in [0.3, 0.4) is 0 Å². The first-order valence-corrected chi connectivity index (χ1v) is 15.6. The van der Waals surface area contributed by atoms with Gasteiger partial charge in [-0.3, -0.25) is 4.98 Å². The average molecular weight is 601 g/mol. The maximum Gasteiger partial charge on any atom is 0.166 e. The van der Waals surface area contributed by atoms with Crippen LogP contribution in [0, 0.1) is 0 Å². The van der Waals surface area contributed by atoms with Crippen molar-refractivity contribution >= 4 is 65.0 Å². The van der Waals surface area contributed by atoms with E-state index in [9.17, 15) is 0 Å². The van der Waals surface area contributed by atoms with Crippen molar-refractivity contribution < 1.29 is 4.42 Å². The van der Waals surface area contributed by atoms with E-state index in [0.717, 1.165) is 65.4 Å². The van der Waals surface area contributed by atoms with Gasteiger partial charge in [0.2, 0.25) is 0 Å². The topological polar surface area (TPSA) is 64.7 Å². The van der Waals surface area contributed by atoms with Gasteiger partial charge in [0, 0.05) is 39.0 Å². The Balaban J connectivity index is 1.33. The first-order valence-electron chi connectivity index (χ1n) is 15.6. The summed E-state index contributed by atoms with van der Waals surface area (Å²) < 4.78 is 6.21. The van der Waals surface area contributed by atoms with Crippen LogP contribution in [0.25, 0.3) is 99.2 Å². The maximum absolute atomic E-state index is 6.21. The molecule has 10 rings (SSSR count). The van der Waals surface area contributed by atoms with Gasteiger partial charge in [0.05, 0.1) is 6.20 Å². The van der Waals surface area contributed by atoms with Gasteiger partial charge in [-0.05, 0) is 55.9 Å². The Kier molecular flexibility index (Phi) is 5.51. The number of rotatable bonds is 3. The molecule has 0 unspecified atom stereocenters. The van der Waals surface area contributed by atoms with Crippen molar-refractivity contribution in [3.63, 3.8) is 0 Å². The van der Waals surface area contributed by atoms with Crippen LogP contribution in [0.15, 0.2) is 150 Å². The van der Waals surface area contributed by atoms with E-state index < -0.39 is 0 Å². The van der Waals surface area contributed by atoms with Crippen LogP contribution in [0.5, 0.6) is 0 Å². The second-order valence-electron chi connectivity index (χ2n) is 11.9. The minimum atomic E-state index is 0.546. The van der Waals surface area contributed by atoms with Crippen LogP contribution in [0.4, 0.5) is 0 Å². The fourth-order valence-electron chi connectivity index (χ4n) is 6.98. The third kappa shape index (κ3) is 4.03. The first kappa shape index (κ1) is 25.8. The van der Waals surface area contributed by atoms with Crippen LogP contribution in [-0.4, -0.2) is 19.9 Å². The maximum atomic E-state index is 6.21. The van der Waals surface area contributed by atoms with E-state index in [4.69, 9.17) is 19.4 Å². The molecule has 218 valence electrons. The smallest absolute Gasteiger partial charge is 0.166 e. The molecule has 0 aliphatic carbocycles. The van der Waals surface area contributed by atoms with E-state index in [-0.39, 0.29) is 0 Å². The van der Waals surface area contributed by atoms with E-state index in [1.807, 2.05) is 24.4 Å². The number of hydrogen-bond donors (Lipinski definition) is 0. The van der Waals surface area contributed by atoms with Crippen LogP contribution >= 0.6 is 0 Å². The van der Waals surface area contributed by atoms with Crippen molar-refractivity contribution in [3.05, 3.63) is 146 Å². The van der Waals surface area contributed by atoms with Gasteiger partial charge < -0.3 is 4.42 Å². The Morgan fingerprint density at radius 3 is 1.91 bits per heavy atom. The third-order valence-electron chi connectivity index (χ3n) is 9.16. The molecule has 0 bridgehead atoms.